The molecule has 1 aromatic carbocycles. The fourth-order valence-corrected chi connectivity index (χ4v) is 2.41. The number of methoxy groups -OCH3 is 1. The third kappa shape index (κ3) is 2.48. The maximum atomic E-state index is 11.3. The molecule has 0 aromatic heterocycles. The molecular formula is C14H19NO3. The highest BCUT2D eigenvalue weighted by Gasteiger charge is 2.33. The number of hydrogen-bond acceptors (Lipinski definition) is 3. The second-order valence-electron chi connectivity index (χ2n) is 5.03. The number of ether oxygens (including phenoxy) is 1. The van der Waals surface area contributed by atoms with Crippen LogP contribution in [0.2, 0.25) is 0 Å². The Labute approximate surface area is 107 Å². The van der Waals surface area contributed by atoms with Crippen molar-refractivity contribution in [3.63, 3.8) is 0 Å². The van der Waals surface area contributed by atoms with Gasteiger partial charge in [0.05, 0.1) is 6.61 Å². The lowest BCUT2D eigenvalue weighted by Gasteiger charge is -2.26. The van der Waals surface area contributed by atoms with Crippen LogP contribution in [0.1, 0.15) is 24.5 Å². The van der Waals surface area contributed by atoms with Crippen molar-refractivity contribution >= 4 is 11.7 Å². The fraction of sp³-hybridized carbons (Fsp3) is 0.500. The van der Waals surface area contributed by atoms with Crippen LogP contribution in [0, 0.1) is 0 Å². The first-order valence-corrected chi connectivity index (χ1v) is 6.17. The molecule has 1 atom stereocenters. The van der Waals surface area contributed by atoms with Gasteiger partial charge in [-0.25, -0.2) is 4.79 Å². The standard InChI is InChI=1S/C14H19NO3/c1-14(9-18-2,13(16)17)15-12-7-6-10-4-3-5-11(10)8-12/h6-8,15H,3-5,9H2,1-2H3,(H,16,17). The van der Waals surface area contributed by atoms with E-state index in [2.05, 4.69) is 17.4 Å². The molecule has 1 unspecified atom stereocenters. The van der Waals surface area contributed by atoms with Crippen molar-refractivity contribution in [3.05, 3.63) is 29.3 Å². The quantitative estimate of drug-likeness (QED) is 0.838. The van der Waals surface area contributed by atoms with Crippen molar-refractivity contribution < 1.29 is 14.6 Å². The minimum Gasteiger partial charge on any atom is -0.479 e. The predicted octanol–water partition coefficient (Wildman–Crippen LogP) is 2.08. The molecule has 0 saturated heterocycles. The predicted molar refractivity (Wildman–Crippen MR) is 70.0 cm³/mol. The molecule has 2 N–H and O–H groups in total. The molecular weight excluding hydrogens is 230 g/mol. The number of carbonyl (C=O) groups is 1. The van der Waals surface area contributed by atoms with Crippen molar-refractivity contribution in [1.29, 1.82) is 0 Å². The van der Waals surface area contributed by atoms with E-state index in [1.807, 2.05) is 6.07 Å². The Morgan fingerprint density at radius 3 is 2.83 bits per heavy atom. The Hall–Kier alpha value is -1.55. The average molecular weight is 249 g/mol. The molecule has 1 aromatic rings. The van der Waals surface area contributed by atoms with E-state index in [1.54, 1.807) is 6.92 Å². The molecule has 4 heteroatoms. The summed E-state index contributed by atoms with van der Waals surface area (Å²) in [6.07, 6.45) is 3.40. The molecule has 4 nitrogen and oxygen atoms in total. The van der Waals surface area contributed by atoms with Gasteiger partial charge in [-0.3, -0.25) is 0 Å². The van der Waals surface area contributed by atoms with Crippen molar-refractivity contribution in [2.75, 3.05) is 19.0 Å². The topological polar surface area (TPSA) is 58.6 Å². The number of nitrogens with one attached hydrogen (secondary N) is 1. The molecule has 0 spiro atoms. The van der Waals surface area contributed by atoms with E-state index < -0.39 is 11.5 Å². The lowest BCUT2D eigenvalue weighted by Crippen LogP contribution is -2.47. The number of aliphatic carboxylic acids is 1. The number of rotatable bonds is 5. The van der Waals surface area contributed by atoms with Gasteiger partial charge >= 0.3 is 5.97 Å². The van der Waals surface area contributed by atoms with Gasteiger partial charge in [-0.05, 0) is 49.4 Å². The number of fused-ring (bicyclic) bond motifs is 1. The SMILES string of the molecule is COCC(C)(Nc1ccc2c(c1)CCC2)C(=O)O. The van der Waals surface area contributed by atoms with E-state index in [4.69, 9.17) is 4.74 Å². The van der Waals surface area contributed by atoms with Gasteiger partial charge in [-0.2, -0.15) is 0 Å². The van der Waals surface area contributed by atoms with Crippen LogP contribution in [-0.4, -0.2) is 30.3 Å². The van der Waals surface area contributed by atoms with E-state index in [-0.39, 0.29) is 6.61 Å². The van der Waals surface area contributed by atoms with E-state index in [9.17, 15) is 9.90 Å². The van der Waals surface area contributed by atoms with Gasteiger partial charge in [0.2, 0.25) is 0 Å². The molecule has 1 aliphatic carbocycles. The summed E-state index contributed by atoms with van der Waals surface area (Å²) in [7, 11) is 1.51. The van der Waals surface area contributed by atoms with Crippen LogP contribution < -0.4 is 5.32 Å². The van der Waals surface area contributed by atoms with Crippen LogP contribution in [0.3, 0.4) is 0 Å². The van der Waals surface area contributed by atoms with E-state index >= 15 is 0 Å². The minimum atomic E-state index is -1.10. The molecule has 18 heavy (non-hydrogen) atoms. The molecule has 0 aliphatic heterocycles. The molecule has 0 heterocycles. The number of carboxylic acids is 1. The van der Waals surface area contributed by atoms with Gasteiger partial charge in [0.25, 0.3) is 0 Å². The zero-order chi connectivity index (χ0) is 13.2. The molecule has 1 aliphatic rings. The van der Waals surface area contributed by atoms with Crippen LogP contribution >= 0.6 is 0 Å². The summed E-state index contributed by atoms with van der Waals surface area (Å²) < 4.78 is 4.99. The first kappa shape index (κ1) is 12.9. The summed E-state index contributed by atoms with van der Waals surface area (Å²) >= 11 is 0. The monoisotopic (exact) mass is 249 g/mol. The van der Waals surface area contributed by atoms with Gasteiger partial charge in [-0.15, -0.1) is 0 Å². The van der Waals surface area contributed by atoms with Gasteiger partial charge in [-0.1, -0.05) is 6.07 Å². The van der Waals surface area contributed by atoms with Crippen LogP contribution in [0.5, 0.6) is 0 Å². The van der Waals surface area contributed by atoms with Crippen LogP contribution in [0.15, 0.2) is 18.2 Å². The first-order chi connectivity index (χ1) is 8.55. The van der Waals surface area contributed by atoms with Gasteiger partial charge in [0.1, 0.15) is 0 Å². The average Bonchev–Trinajstić information content (AvgIpc) is 2.76. The fourth-order valence-electron chi connectivity index (χ4n) is 2.41. The van der Waals surface area contributed by atoms with E-state index in [0.717, 1.165) is 18.5 Å². The van der Waals surface area contributed by atoms with Crippen LogP contribution in [-0.2, 0) is 22.4 Å². The minimum absolute atomic E-state index is 0.124. The lowest BCUT2D eigenvalue weighted by molar-refractivity contribution is -0.143. The maximum absolute atomic E-state index is 11.3. The number of carboxylic acid groups (broad SMARTS) is 1. The Kier molecular flexibility index (Phi) is 3.57. The second kappa shape index (κ2) is 4.98. The Morgan fingerprint density at radius 1 is 1.44 bits per heavy atom. The third-order valence-corrected chi connectivity index (χ3v) is 3.42. The highest BCUT2D eigenvalue weighted by Crippen LogP contribution is 2.26. The Morgan fingerprint density at radius 2 is 2.17 bits per heavy atom. The van der Waals surface area contributed by atoms with Crippen molar-refractivity contribution in [2.24, 2.45) is 0 Å². The van der Waals surface area contributed by atoms with E-state index in [0.29, 0.717) is 0 Å². The lowest BCUT2D eigenvalue weighted by atomic mass is 10.0. The molecule has 2 rings (SSSR count). The summed E-state index contributed by atoms with van der Waals surface area (Å²) in [5, 5.41) is 12.3. The number of aryl methyl sites for hydroxylation is 2. The first-order valence-electron chi connectivity index (χ1n) is 6.17. The van der Waals surface area contributed by atoms with Crippen LogP contribution in [0.4, 0.5) is 5.69 Å². The number of benzene rings is 1. The molecule has 0 amide bonds. The van der Waals surface area contributed by atoms with Crippen LogP contribution in [0.25, 0.3) is 0 Å². The summed E-state index contributed by atoms with van der Waals surface area (Å²) in [6, 6.07) is 6.08. The normalized spacial score (nSPS) is 17.0. The van der Waals surface area contributed by atoms with Crippen molar-refractivity contribution in [2.45, 2.75) is 31.7 Å². The molecule has 0 radical (unpaired) electrons. The second-order valence-corrected chi connectivity index (χ2v) is 5.03. The maximum Gasteiger partial charge on any atom is 0.331 e. The zero-order valence-corrected chi connectivity index (χ0v) is 10.8. The molecule has 0 saturated carbocycles. The largest absolute Gasteiger partial charge is 0.479 e. The molecule has 0 fully saturated rings. The Balaban J connectivity index is 2.19. The third-order valence-electron chi connectivity index (χ3n) is 3.42. The number of hydrogen-bond donors (Lipinski definition) is 2. The van der Waals surface area contributed by atoms with Crippen molar-refractivity contribution in [3.8, 4) is 0 Å². The summed E-state index contributed by atoms with van der Waals surface area (Å²) in [4.78, 5) is 11.3. The highest BCUT2D eigenvalue weighted by molar-refractivity contribution is 5.82. The molecule has 0 bridgehead atoms. The highest BCUT2D eigenvalue weighted by atomic mass is 16.5. The zero-order valence-electron chi connectivity index (χ0n) is 10.8. The number of anilines is 1. The van der Waals surface area contributed by atoms with Crippen molar-refractivity contribution in [1.82, 2.24) is 0 Å². The molecule has 98 valence electrons. The van der Waals surface area contributed by atoms with Gasteiger partial charge in [0, 0.05) is 12.8 Å². The van der Waals surface area contributed by atoms with Gasteiger partial charge in [0.15, 0.2) is 5.54 Å². The Bertz CT molecular complexity index is 458. The van der Waals surface area contributed by atoms with Gasteiger partial charge < -0.3 is 15.2 Å². The smallest absolute Gasteiger partial charge is 0.331 e. The summed E-state index contributed by atoms with van der Waals surface area (Å²) in [6.45, 7) is 1.76. The summed E-state index contributed by atoms with van der Waals surface area (Å²) in [5.41, 5.74) is 2.45. The summed E-state index contributed by atoms with van der Waals surface area (Å²) in [5.74, 6) is -0.912. The van der Waals surface area contributed by atoms with E-state index in [1.165, 1.54) is 24.7 Å².